The van der Waals surface area contributed by atoms with E-state index in [1.165, 1.54) is 20.4 Å². The first-order valence-electron chi connectivity index (χ1n) is 7.87. The summed E-state index contributed by atoms with van der Waals surface area (Å²) in [7, 11) is 2.89. The van der Waals surface area contributed by atoms with Gasteiger partial charge in [0.1, 0.15) is 18.0 Å². The molecule has 0 saturated carbocycles. The zero-order chi connectivity index (χ0) is 20.0. The fourth-order valence-corrected chi connectivity index (χ4v) is 2.48. The number of nitrogens with zero attached hydrogens (tertiary/aromatic N) is 1. The van der Waals surface area contributed by atoms with Crippen molar-refractivity contribution in [1.82, 2.24) is 14.9 Å². The van der Waals surface area contributed by atoms with Gasteiger partial charge in [0.05, 0.1) is 26.7 Å². The maximum Gasteiger partial charge on any atom is 0.328 e. The van der Waals surface area contributed by atoms with Crippen LogP contribution in [0.15, 0.2) is 40.1 Å². The summed E-state index contributed by atoms with van der Waals surface area (Å²) in [5.41, 5.74) is -0.874. The van der Waals surface area contributed by atoms with Crippen molar-refractivity contribution >= 4 is 11.9 Å². The highest BCUT2D eigenvalue weighted by molar-refractivity contribution is 5.77. The van der Waals surface area contributed by atoms with Gasteiger partial charge in [-0.1, -0.05) is 0 Å². The second-order valence-electron chi connectivity index (χ2n) is 5.56. The first-order chi connectivity index (χ1) is 12.8. The number of carbonyl (C=O) groups is 2. The van der Waals surface area contributed by atoms with Gasteiger partial charge in [0.25, 0.3) is 5.56 Å². The van der Waals surface area contributed by atoms with Crippen molar-refractivity contribution in [2.24, 2.45) is 0 Å². The van der Waals surface area contributed by atoms with Gasteiger partial charge in [-0.15, -0.1) is 0 Å². The van der Waals surface area contributed by atoms with E-state index in [0.29, 0.717) is 17.1 Å². The number of H-pyrrole nitrogens is 1. The lowest BCUT2D eigenvalue weighted by Crippen LogP contribution is -2.37. The average molecular weight is 377 g/mol. The molecule has 0 radical (unpaired) electrons. The van der Waals surface area contributed by atoms with E-state index >= 15 is 0 Å². The lowest BCUT2D eigenvalue weighted by atomic mass is 10.0. The van der Waals surface area contributed by atoms with Crippen LogP contribution in [0.1, 0.15) is 18.0 Å². The molecule has 1 heterocycles. The Morgan fingerprint density at radius 2 is 1.96 bits per heavy atom. The number of carboxylic acid groups (broad SMARTS) is 1. The summed E-state index contributed by atoms with van der Waals surface area (Å²) in [6, 6.07) is 5.00. The van der Waals surface area contributed by atoms with E-state index in [0.717, 1.165) is 10.6 Å². The van der Waals surface area contributed by atoms with Crippen molar-refractivity contribution < 1.29 is 24.2 Å². The summed E-state index contributed by atoms with van der Waals surface area (Å²) in [5, 5.41) is 11.7. The molecule has 3 N–H and O–H groups in total. The topological polar surface area (TPSA) is 140 Å². The van der Waals surface area contributed by atoms with Gasteiger partial charge in [0.15, 0.2) is 0 Å². The van der Waals surface area contributed by atoms with E-state index in [1.807, 2.05) is 4.98 Å². The number of benzene rings is 1. The Morgan fingerprint density at radius 1 is 1.22 bits per heavy atom. The lowest BCUT2D eigenvalue weighted by Gasteiger charge is -2.20. The molecule has 1 amide bonds. The summed E-state index contributed by atoms with van der Waals surface area (Å²) in [5.74, 6) is -0.870. The van der Waals surface area contributed by atoms with Crippen molar-refractivity contribution in [3.63, 3.8) is 0 Å². The lowest BCUT2D eigenvalue weighted by molar-refractivity contribution is -0.137. The van der Waals surface area contributed by atoms with Crippen LogP contribution >= 0.6 is 0 Å². The van der Waals surface area contributed by atoms with E-state index in [9.17, 15) is 24.3 Å². The van der Waals surface area contributed by atoms with Crippen LogP contribution in [0, 0.1) is 0 Å². The minimum Gasteiger partial charge on any atom is -0.497 e. The van der Waals surface area contributed by atoms with Gasteiger partial charge in [0, 0.05) is 23.9 Å². The highest BCUT2D eigenvalue weighted by Gasteiger charge is 2.22. The van der Waals surface area contributed by atoms with Gasteiger partial charge in [-0.2, -0.15) is 0 Å². The average Bonchev–Trinajstić information content (AvgIpc) is 2.62. The summed E-state index contributed by atoms with van der Waals surface area (Å²) < 4.78 is 11.4. The summed E-state index contributed by atoms with van der Waals surface area (Å²) in [6.07, 6.45) is 0.788. The van der Waals surface area contributed by atoms with Gasteiger partial charge in [-0.3, -0.25) is 23.9 Å². The normalized spacial score (nSPS) is 11.5. The highest BCUT2D eigenvalue weighted by Crippen LogP contribution is 2.31. The molecule has 0 saturated heterocycles. The Balaban J connectivity index is 2.26. The highest BCUT2D eigenvalue weighted by atomic mass is 16.5. The van der Waals surface area contributed by atoms with Crippen LogP contribution in [0.5, 0.6) is 11.5 Å². The third-order valence-corrected chi connectivity index (χ3v) is 3.74. The molecule has 2 rings (SSSR count). The van der Waals surface area contributed by atoms with E-state index < -0.39 is 35.6 Å². The minimum atomic E-state index is -1.13. The molecule has 0 aliphatic rings. The molecule has 10 heteroatoms. The second kappa shape index (κ2) is 8.70. The molecule has 0 aliphatic carbocycles. The van der Waals surface area contributed by atoms with E-state index in [4.69, 9.17) is 9.47 Å². The van der Waals surface area contributed by atoms with Crippen LogP contribution < -0.4 is 26.0 Å². The van der Waals surface area contributed by atoms with Crippen molar-refractivity contribution in [2.45, 2.75) is 19.0 Å². The number of rotatable bonds is 8. The number of carbonyl (C=O) groups excluding carboxylic acids is 1. The largest absolute Gasteiger partial charge is 0.497 e. The SMILES string of the molecule is COc1ccc(C(CC(=O)O)NC(=O)Cn2ccc(=O)[nH]c2=O)c(OC)c1. The first kappa shape index (κ1) is 19.8. The Morgan fingerprint density at radius 3 is 2.56 bits per heavy atom. The smallest absolute Gasteiger partial charge is 0.328 e. The molecule has 0 fully saturated rings. The van der Waals surface area contributed by atoms with Gasteiger partial charge < -0.3 is 19.9 Å². The van der Waals surface area contributed by atoms with Crippen LogP contribution in [0.3, 0.4) is 0 Å². The number of hydrogen-bond acceptors (Lipinski definition) is 6. The van der Waals surface area contributed by atoms with Gasteiger partial charge >= 0.3 is 11.7 Å². The standard InChI is InChI=1S/C17H19N3O7/c1-26-10-3-4-11(13(7-10)27-2)12(8-16(23)24)18-15(22)9-20-6-5-14(21)19-17(20)25/h3-7,12H,8-9H2,1-2H3,(H,18,22)(H,23,24)(H,19,21,25). The number of ether oxygens (including phenoxy) is 2. The molecule has 0 aliphatic heterocycles. The number of nitrogens with one attached hydrogen (secondary N) is 2. The zero-order valence-electron chi connectivity index (χ0n) is 14.7. The predicted octanol–water partition coefficient (Wildman–Crippen LogP) is -0.114. The van der Waals surface area contributed by atoms with E-state index in [2.05, 4.69) is 5.32 Å². The molecule has 0 spiro atoms. The fourth-order valence-electron chi connectivity index (χ4n) is 2.48. The number of aliphatic carboxylic acids is 1. The molecule has 144 valence electrons. The van der Waals surface area contributed by atoms with Gasteiger partial charge in [0.2, 0.25) is 5.91 Å². The third-order valence-electron chi connectivity index (χ3n) is 3.74. The van der Waals surface area contributed by atoms with Crippen LogP contribution in [-0.4, -0.2) is 40.8 Å². The van der Waals surface area contributed by atoms with Crippen LogP contribution in [0.4, 0.5) is 0 Å². The van der Waals surface area contributed by atoms with Crippen LogP contribution in [0.25, 0.3) is 0 Å². The molecule has 10 nitrogen and oxygen atoms in total. The monoisotopic (exact) mass is 377 g/mol. The Hall–Kier alpha value is -3.56. The zero-order valence-corrected chi connectivity index (χ0v) is 14.7. The number of amides is 1. The third kappa shape index (κ3) is 5.21. The number of aromatic nitrogens is 2. The number of methoxy groups -OCH3 is 2. The van der Waals surface area contributed by atoms with Crippen molar-refractivity contribution in [3.05, 3.63) is 56.9 Å². The fraction of sp³-hybridized carbons (Fsp3) is 0.294. The maximum atomic E-state index is 12.3. The predicted molar refractivity (Wildman–Crippen MR) is 94.0 cm³/mol. The molecule has 2 aromatic rings. The molecule has 0 bridgehead atoms. The van der Waals surface area contributed by atoms with Gasteiger partial charge in [-0.25, -0.2) is 4.79 Å². The first-order valence-corrected chi connectivity index (χ1v) is 7.87. The summed E-state index contributed by atoms with van der Waals surface area (Å²) in [6.45, 7) is -0.385. The molecule has 27 heavy (non-hydrogen) atoms. The number of carboxylic acids is 1. The Labute approximate surface area is 153 Å². The molecular weight excluding hydrogens is 358 g/mol. The number of hydrogen-bond donors (Lipinski definition) is 3. The minimum absolute atomic E-state index is 0.349. The Kier molecular flexibility index (Phi) is 6.36. The quantitative estimate of drug-likeness (QED) is 0.583. The van der Waals surface area contributed by atoms with Crippen LogP contribution in [-0.2, 0) is 16.1 Å². The summed E-state index contributed by atoms with van der Waals surface area (Å²) >= 11 is 0. The van der Waals surface area contributed by atoms with Crippen molar-refractivity contribution in [1.29, 1.82) is 0 Å². The second-order valence-corrected chi connectivity index (χ2v) is 5.56. The molecular formula is C17H19N3O7. The molecule has 1 unspecified atom stereocenters. The molecule has 1 aromatic heterocycles. The van der Waals surface area contributed by atoms with E-state index in [1.54, 1.807) is 18.2 Å². The van der Waals surface area contributed by atoms with Crippen molar-refractivity contribution in [2.75, 3.05) is 14.2 Å². The van der Waals surface area contributed by atoms with Crippen molar-refractivity contribution in [3.8, 4) is 11.5 Å². The molecule has 1 aromatic carbocycles. The number of aromatic amines is 1. The maximum absolute atomic E-state index is 12.3. The summed E-state index contributed by atoms with van der Waals surface area (Å²) in [4.78, 5) is 48.3. The molecule has 1 atom stereocenters. The van der Waals surface area contributed by atoms with E-state index in [-0.39, 0.29) is 6.54 Å². The van der Waals surface area contributed by atoms with Gasteiger partial charge in [-0.05, 0) is 12.1 Å². The van der Waals surface area contributed by atoms with Crippen LogP contribution in [0.2, 0.25) is 0 Å². The Bertz CT molecular complexity index is 948.